The van der Waals surface area contributed by atoms with Crippen molar-refractivity contribution >= 4 is 0 Å². The van der Waals surface area contributed by atoms with E-state index in [1.54, 1.807) is 6.26 Å². The van der Waals surface area contributed by atoms with Crippen molar-refractivity contribution in [2.45, 2.75) is 26.4 Å². The zero-order chi connectivity index (χ0) is 15.5. The van der Waals surface area contributed by atoms with Crippen LogP contribution in [-0.2, 0) is 27.4 Å². The zero-order valence-electron chi connectivity index (χ0n) is 12.9. The summed E-state index contributed by atoms with van der Waals surface area (Å²) in [5, 5.41) is 0. The third-order valence-electron chi connectivity index (χ3n) is 3.02. The van der Waals surface area contributed by atoms with Crippen LogP contribution < -0.4 is 0 Å². The van der Waals surface area contributed by atoms with Crippen molar-refractivity contribution in [1.82, 2.24) is 0 Å². The Morgan fingerprint density at radius 3 is 1.77 bits per heavy atom. The summed E-state index contributed by atoms with van der Waals surface area (Å²) in [5.41, 5.74) is 2.23. The highest BCUT2D eigenvalue weighted by Gasteiger charge is 2.10. The van der Waals surface area contributed by atoms with Crippen LogP contribution in [0.3, 0.4) is 0 Å². The van der Waals surface area contributed by atoms with Gasteiger partial charge in [0.1, 0.15) is 6.61 Å². The molecule has 3 heteroatoms. The fourth-order valence-corrected chi connectivity index (χ4v) is 1.90. The average Bonchev–Trinajstić information content (AvgIpc) is 2.59. The van der Waals surface area contributed by atoms with Gasteiger partial charge in [0.05, 0.1) is 19.5 Å². The summed E-state index contributed by atoms with van der Waals surface area (Å²) in [6.45, 7) is 3.27. The lowest BCUT2D eigenvalue weighted by Gasteiger charge is -2.18. The van der Waals surface area contributed by atoms with Crippen molar-refractivity contribution in [3.8, 4) is 0 Å². The smallest absolute Gasteiger partial charge is 0.192 e. The largest absolute Gasteiger partial charge is 0.496 e. The molecule has 116 valence electrons. The van der Waals surface area contributed by atoms with Crippen molar-refractivity contribution in [2.75, 3.05) is 6.61 Å². The molecule has 0 heterocycles. The van der Waals surface area contributed by atoms with E-state index in [9.17, 15) is 0 Å². The number of allylic oxidation sites excluding steroid dienone is 1. The van der Waals surface area contributed by atoms with Gasteiger partial charge in [-0.2, -0.15) is 0 Å². The zero-order valence-corrected chi connectivity index (χ0v) is 12.9. The monoisotopic (exact) mass is 298 g/mol. The minimum Gasteiger partial charge on any atom is -0.496 e. The fraction of sp³-hybridized carbons (Fsp3) is 0.263. The highest BCUT2D eigenvalue weighted by molar-refractivity contribution is 5.14. The van der Waals surface area contributed by atoms with Crippen molar-refractivity contribution in [3.05, 3.63) is 84.1 Å². The molecule has 0 unspecified atom stereocenters. The molecule has 0 saturated heterocycles. The summed E-state index contributed by atoms with van der Waals surface area (Å²) >= 11 is 0. The van der Waals surface area contributed by atoms with Gasteiger partial charge in [0, 0.05) is 0 Å². The Morgan fingerprint density at radius 2 is 1.32 bits per heavy atom. The van der Waals surface area contributed by atoms with E-state index in [2.05, 4.69) is 0 Å². The SMILES string of the molecule is C/C=C\OCC(OCc1ccccc1)OCc1ccccc1. The van der Waals surface area contributed by atoms with E-state index in [0.717, 1.165) is 11.1 Å². The maximum atomic E-state index is 5.82. The van der Waals surface area contributed by atoms with Gasteiger partial charge >= 0.3 is 0 Å². The summed E-state index contributed by atoms with van der Waals surface area (Å²) in [4.78, 5) is 0. The standard InChI is InChI=1S/C19H22O3/c1-2-13-20-16-19(21-14-17-9-5-3-6-10-17)22-15-18-11-7-4-8-12-18/h2-13,19H,14-16H2,1H3/b13-2-. The van der Waals surface area contributed by atoms with Gasteiger partial charge in [0.25, 0.3) is 0 Å². The maximum absolute atomic E-state index is 5.82. The summed E-state index contributed by atoms with van der Waals surface area (Å²) in [7, 11) is 0. The lowest BCUT2D eigenvalue weighted by Crippen LogP contribution is -2.22. The van der Waals surface area contributed by atoms with Crippen LogP contribution in [0.5, 0.6) is 0 Å². The first-order chi connectivity index (χ1) is 10.9. The molecule has 0 saturated carbocycles. The second-order valence-corrected chi connectivity index (χ2v) is 4.83. The molecule has 3 nitrogen and oxygen atoms in total. The Balaban J connectivity index is 1.84. The van der Waals surface area contributed by atoms with Crippen LogP contribution in [-0.4, -0.2) is 12.9 Å². The lowest BCUT2D eigenvalue weighted by atomic mass is 10.2. The van der Waals surface area contributed by atoms with Crippen molar-refractivity contribution in [2.24, 2.45) is 0 Å². The van der Waals surface area contributed by atoms with Crippen LogP contribution in [0.15, 0.2) is 73.0 Å². The van der Waals surface area contributed by atoms with Crippen LogP contribution in [0.1, 0.15) is 18.1 Å². The number of rotatable bonds is 9. The Kier molecular flexibility index (Phi) is 7.22. The molecule has 0 atom stereocenters. The number of ether oxygens (including phenoxy) is 3. The third kappa shape index (κ3) is 6.12. The summed E-state index contributed by atoms with van der Waals surface area (Å²) in [6.07, 6.45) is 3.08. The molecule has 2 rings (SSSR count). The normalized spacial score (nSPS) is 11.2. The van der Waals surface area contributed by atoms with Crippen LogP contribution in [0, 0.1) is 0 Å². The van der Waals surface area contributed by atoms with Crippen LogP contribution >= 0.6 is 0 Å². The Morgan fingerprint density at radius 1 is 0.818 bits per heavy atom. The second kappa shape index (κ2) is 9.77. The summed E-state index contributed by atoms with van der Waals surface area (Å²) in [5.74, 6) is 0. The summed E-state index contributed by atoms with van der Waals surface area (Å²) in [6, 6.07) is 20.1. The van der Waals surface area contributed by atoms with Crippen LogP contribution in [0.4, 0.5) is 0 Å². The predicted molar refractivity (Wildman–Crippen MR) is 87.0 cm³/mol. The Bertz CT molecular complexity index is 494. The Labute approximate surface area is 132 Å². The maximum Gasteiger partial charge on any atom is 0.192 e. The highest BCUT2D eigenvalue weighted by atomic mass is 16.7. The molecule has 0 aliphatic heterocycles. The number of benzene rings is 2. The van der Waals surface area contributed by atoms with Crippen LogP contribution in [0.2, 0.25) is 0 Å². The molecule has 0 aromatic heterocycles. The molecule has 0 aliphatic carbocycles. The van der Waals surface area contributed by atoms with E-state index in [4.69, 9.17) is 14.2 Å². The third-order valence-corrected chi connectivity index (χ3v) is 3.02. The second-order valence-electron chi connectivity index (χ2n) is 4.83. The van der Waals surface area contributed by atoms with Crippen molar-refractivity contribution in [3.63, 3.8) is 0 Å². The first-order valence-electron chi connectivity index (χ1n) is 7.42. The molecule has 0 aliphatic rings. The lowest BCUT2D eigenvalue weighted by molar-refractivity contribution is -0.176. The highest BCUT2D eigenvalue weighted by Crippen LogP contribution is 2.08. The van der Waals surface area contributed by atoms with Gasteiger partial charge in [-0.15, -0.1) is 0 Å². The predicted octanol–water partition coefficient (Wildman–Crippen LogP) is 4.30. The molecule has 2 aromatic carbocycles. The Hall–Kier alpha value is -2.10. The first-order valence-corrected chi connectivity index (χ1v) is 7.42. The van der Waals surface area contributed by atoms with Gasteiger partial charge in [0.2, 0.25) is 0 Å². The van der Waals surface area contributed by atoms with E-state index < -0.39 is 6.29 Å². The van der Waals surface area contributed by atoms with Gasteiger partial charge in [0.15, 0.2) is 6.29 Å². The quantitative estimate of drug-likeness (QED) is 0.510. The molecule has 0 spiro atoms. The van der Waals surface area contributed by atoms with E-state index in [-0.39, 0.29) is 0 Å². The molecular weight excluding hydrogens is 276 g/mol. The molecular formula is C19H22O3. The van der Waals surface area contributed by atoms with E-state index >= 15 is 0 Å². The van der Waals surface area contributed by atoms with Gasteiger partial charge in [-0.05, 0) is 18.1 Å². The number of hydrogen-bond donors (Lipinski definition) is 0. The molecule has 0 radical (unpaired) electrons. The molecule has 0 amide bonds. The van der Waals surface area contributed by atoms with Gasteiger partial charge in [-0.3, -0.25) is 0 Å². The van der Waals surface area contributed by atoms with E-state index in [1.165, 1.54) is 0 Å². The molecule has 2 aromatic rings. The van der Waals surface area contributed by atoms with Crippen LogP contribution in [0.25, 0.3) is 0 Å². The molecule has 0 fully saturated rings. The summed E-state index contributed by atoms with van der Waals surface area (Å²) < 4.78 is 17.0. The van der Waals surface area contributed by atoms with E-state index in [0.29, 0.717) is 19.8 Å². The minimum atomic E-state index is -0.406. The average molecular weight is 298 g/mol. The molecule has 22 heavy (non-hydrogen) atoms. The van der Waals surface area contributed by atoms with E-state index in [1.807, 2.05) is 73.7 Å². The topological polar surface area (TPSA) is 27.7 Å². The first kappa shape index (κ1) is 16.3. The van der Waals surface area contributed by atoms with Gasteiger partial charge in [-0.25, -0.2) is 0 Å². The van der Waals surface area contributed by atoms with Crippen molar-refractivity contribution in [1.29, 1.82) is 0 Å². The minimum absolute atomic E-state index is 0.365. The molecule has 0 N–H and O–H groups in total. The van der Waals surface area contributed by atoms with Crippen molar-refractivity contribution < 1.29 is 14.2 Å². The fourth-order valence-electron chi connectivity index (χ4n) is 1.90. The van der Waals surface area contributed by atoms with Gasteiger partial charge in [-0.1, -0.05) is 66.7 Å². The van der Waals surface area contributed by atoms with Gasteiger partial charge < -0.3 is 14.2 Å². The molecule has 0 bridgehead atoms. The number of hydrogen-bond acceptors (Lipinski definition) is 3.